The maximum Gasteiger partial charge on any atom is 0.279 e. The van der Waals surface area contributed by atoms with Gasteiger partial charge in [-0.1, -0.05) is 50.2 Å². The third-order valence-corrected chi connectivity index (χ3v) is 4.30. The van der Waals surface area contributed by atoms with Gasteiger partial charge in [0.05, 0.1) is 0 Å². The Morgan fingerprint density at radius 3 is 2.21 bits per heavy atom. The van der Waals surface area contributed by atoms with E-state index >= 15 is 0 Å². The summed E-state index contributed by atoms with van der Waals surface area (Å²) < 4.78 is 11.3. The van der Waals surface area contributed by atoms with Crippen LogP contribution in [-0.2, 0) is 9.59 Å². The number of hydrogen-bond acceptors (Lipinski definition) is 4. The van der Waals surface area contributed by atoms with Gasteiger partial charge in [0.2, 0.25) is 0 Å². The van der Waals surface area contributed by atoms with Crippen molar-refractivity contribution in [1.82, 2.24) is 10.9 Å². The zero-order valence-electron chi connectivity index (χ0n) is 17.0. The van der Waals surface area contributed by atoms with Crippen molar-refractivity contribution in [1.29, 1.82) is 0 Å². The molecule has 2 rings (SSSR count). The van der Waals surface area contributed by atoms with Crippen molar-refractivity contribution < 1.29 is 19.1 Å². The number of amides is 2. The maximum absolute atomic E-state index is 12.2. The molecule has 1 atom stereocenters. The fourth-order valence-corrected chi connectivity index (χ4v) is 2.72. The molecular formula is C22H28N2O4. The number of rotatable bonds is 7. The largest absolute Gasteiger partial charge is 0.483 e. The minimum absolute atomic E-state index is 0.198. The summed E-state index contributed by atoms with van der Waals surface area (Å²) in [5.74, 6) is 0.711. The molecule has 0 aromatic heterocycles. The van der Waals surface area contributed by atoms with Gasteiger partial charge in [0.25, 0.3) is 11.8 Å². The van der Waals surface area contributed by atoms with Crippen molar-refractivity contribution in [3.05, 3.63) is 59.2 Å². The number of hydrogen-bond donors (Lipinski definition) is 2. The summed E-state index contributed by atoms with van der Waals surface area (Å²) in [5.41, 5.74) is 7.64. The maximum atomic E-state index is 12.2. The van der Waals surface area contributed by atoms with Crippen LogP contribution in [0.25, 0.3) is 0 Å². The average molecular weight is 384 g/mol. The van der Waals surface area contributed by atoms with E-state index in [4.69, 9.17) is 9.47 Å². The standard InChI is InChI=1S/C22H28N2O4/c1-14(2)18-11-6-7-12-19(18)27-13-20(25)23-24-22(26)17(5)28-21-15(3)9-8-10-16(21)4/h6-12,14,17H,13H2,1-5H3,(H,23,25)(H,24,26)/t17-/m1/s1. The monoisotopic (exact) mass is 384 g/mol. The summed E-state index contributed by atoms with van der Waals surface area (Å²) in [6, 6.07) is 13.3. The van der Waals surface area contributed by atoms with E-state index in [0.717, 1.165) is 16.7 Å². The summed E-state index contributed by atoms with van der Waals surface area (Å²) in [4.78, 5) is 24.2. The molecule has 2 aromatic carbocycles. The molecule has 2 aromatic rings. The molecule has 2 amide bonds. The first-order chi connectivity index (χ1) is 13.3. The molecule has 6 nitrogen and oxygen atoms in total. The highest BCUT2D eigenvalue weighted by Crippen LogP contribution is 2.25. The van der Waals surface area contributed by atoms with Crippen LogP contribution in [0.5, 0.6) is 11.5 Å². The quantitative estimate of drug-likeness (QED) is 0.717. The lowest BCUT2D eigenvalue weighted by Crippen LogP contribution is -2.48. The van der Waals surface area contributed by atoms with Crippen LogP contribution in [0.1, 0.15) is 43.4 Å². The zero-order chi connectivity index (χ0) is 20.7. The average Bonchev–Trinajstić information content (AvgIpc) is 2.67. The molecule has 0 unspecified atom stereocenters. The van der Waals surface area contributed by atoms with Crippen molar-refractivity contribution >= 4 is 11.8 Å². The highest BCUT2D eigenvalue weighted by Gasteiger charge is 2.17. The fraction of sp³-hybridized carbons (Fsp3) is 0.364. The van der Waals surface area contributed by atoms with Crippen LogP contribution < -0.4 is 20.3 Å². The van der Waals surface area contributed by atoms with E-state index < -0.39 is 17.9 Å². The minimum atomic E-state index is -0.761. The van der Waals surface area contributed by atoms with Gasteiger partial charge in [-0.15, -0.1) is 0 Å². The Morgan fingerprint density at radius 2 is 1.57 bits per heavy atom. The molecule has 0 spiro atoms. The highest BCUT2D eigenvalue weighted by molar-refractivity contribution is 5.85. The zero-order valence-corrected chi connectivity index (χ0v) is 17.0. The van der Waals surface area contributed by atoms with Gasteiger partial charge in [0.1, 0.15) is 11.5 Å². The Balaban J connectivity index is 1.83. The van der Waals surface area contributed by atoms with Gasteiger partial charge in [-0.25, -0.2) is 0 Å². The van der Waals surface area contributed by atoms with Crippen molar-refractivity contribution in [2.75, 3.05) is 6.61 Å². The Kier molecular flexibility index (Phi) is 7.44. The molecular weight excluding hydrogens is 356 g/mol. The van der Waals surface area contributed by atoms with Gasteiger partial charge >= 0.3 is 0 Å². The Labute approximate surface area is 166 Å². The van der Waals surface area contributed by atoms with Gasteiger partial charge in [-0.2, -0.15) is 0 Å². The third-order valence-electron chi connectivity index (χ3n) is 4.30. The second-order valence-electron chi connectivity index (χ2n) is 7.00. The van der Waals surface area contributed by atoms with Crippen LogP contribution in [-0.4, -0.2) is 24.5 Å². The molecule has 0 aliphatic heterocycles. The van der Waals surface area contributed by atoms with E-state index in [0.29, 0.717) is 11.5 Å². The van der Waals surface area contributed by atoms with E-state index in [1.807, 2.05) is 56.3 Å². The van der Waals surface area contributed by atoms with E-state index in [2.05, 4.69) is 24.7 Å². The van der Waals surface area contributed by atoms with Crippen LogP contribution in [0, 0.1) is 13.8 Å². The highest BCUT2D eigenvalue weighted by atomic mass is 16.5. The summed E-state index contributed by atoms with van der Waals surface area (Å²) in [6.07, 6.45) is -0.761. The lowest BCUT2D eigenvalue weighted by molar-refractivity contribution is -0.133. The molecule has 0 aliphatic carbocycles. The van der Waals surface area contributed by atoms with E-state index in [-0.39, 0.29) is 12.5 Å². The van der Waals surface area contributed by atoms with Crippen molar-refractivity contribution in [2.24, 2.45) is 0 Å². The molecule has 0 fully saturated rings. The molecule has 6 heteroatoms. The molecule has 0 heterocycles. The molecule has 0 saturated carbocycles. The smallest absolute Gasteiger partial charge is 0.279 e. The van der Waals surface area contributed by atoms with Gasteiger partial charge in [-0.05, 0) is 49.4 Å². The predicted octanol–water partition coefficient (Wildman–Crippen LogP) is 3.42. The third kappa shape index (κ3) is 5.74. The molecule has 2 N–H and O–H groups in total. The minimum Gasteiger partial charge on any atom is -0.483 e. The van der Waals surface area contributed by atoms with E-state index in [1.54, 1.807) is 6.92 Å². The van der Waals surface area contributed by atoms with Gasteiger partial charge in [-0.3, -0.25) is 20.4 Å². The number of carbonyl (C=O) groups excluding carboxylic acids is 2. The second kappa shape index (κ2) is 9.78. The first kappa shape index (κ1) is 21.3. The number of ether oxygens (including phenoxy) is 2. The molecule has 0 radical (unpaired) electrons. The molecule has 0 saturated heterocycles. The van der Waals surface area contributed by atoms with Crippen LogP contribution in [0.2, 0.25) is 0 Å². The summed E-state index contributed by atoms with van der Waals surface area (Å²) >= 11 is 0. The van der Waals surface area contributed by atoms with Crippen LogP contribution in [0.15, 0.2) is 42.5 Å². The van der Waals surface area contributed by atoms with Crippen LogP contribution in [0.4, 0.5) is 0 Å². The van der Waals surface area contributed by atoms with Crippen LogP contribution in [0.3, 0.4) is 0 Å². The molecule has 0 bridgehead atoms. The van der Waals surface area contributed by atoms with E-state index in [1.165, 1.54) is 0 Å². The fourth-order valence-electron chi connectivity index (χ4n) is 2.72. The Hall–Kier alpha value is -3.02. The second-order valence-corrected chi connectivity index (χ2v) is 7.00. The van der Waals surface area contributed by atoms with Gasteiger partial charge in [0, 0.05) is 0 Å². The number of hydrazine groups is 1. The lowest BCUT2D eigenvalue weighted by atomic mass is 10.0. The first-order valence-electron chi connectivity index (χ1n) is 9.33. The number of nitrogens with one attached hydrogen (secondary N) is 2. The first-order valence-corrected chi connectivity index (χ1v) is 9.33. The summed E-state index contributed by atoms with van der Waals surface area (Å²) in [6.45, 7) is 9.38. The lowest BCUT2D eigenvalue weighted by Gasteiger charge is -2.18. The topological polar surface area (TPSA) is 76.7 Å². The normalized spacial score (nSPS) is 11.6. The van der Waals surface area contributed by atoms with E-state index in [9.17, 15) is 9.59 Å². The number of carbonyl (C=O) groups is 2. The van der Waals surface area contributed by atoms with Gasteiger partial charge < -0.3 is 9.47 Å². The summed E-state index contributed by atoms with van der Waals surface area (Å²) in [5, 5.41) is 0. The van der Waals surface area contributed by atoms with Crippen molar-refractivity contribution in [3.8, 4) is 11.5 Å². The van der Waals surface area contributed by atoms with Crippen LogP contribution >= 0.6 is 0 Å². The number of benzene rings is 2. The number of aryl methyl sites for hydroxylation is 2. The van der Waals surface area contributed by atoms with Crippen molar-refractivity contribution in [3.63, 3.8) is 0 Å². The number of para-hydroxylation sites is 2. The summed E-state index contributed by atoms with van der Waals surface area (Å²) in [7, 11) is 0. The molecule has 150 valence electrons. The molecule has 28 heavy (non-hydrogen) atoms. The molecule has 0 aliphatic rings. The Morgan fingerprint density at radius 1 is 0.929 bits per heavy atom. The van der Waals surface area contributed by atoms with Gasteiger partial charge in [0.15, 0.2) is 12.7 Å². The SMILES string of the molecule is Cc1cccc(C)c1O[C@H](C)C(=O)NNC(=O)COc1ccccc1C(C)C. The van der Waals surface area contributed by atoms with Crippen molar-refractivity contribution in [2.45, 2.75) is 46.6 Å². The Bertz CT molecular complexity index is 813. The predicted molar refractivity (Wildman–Crippen MR) is 108 cm³/mol.